The maximum Gasteiger partial charge on any atom is 0.341 e. The number of rotatable bonds is 8. The fourth-order valence-electron chi connectivity index (χ4n) is 5.46. The monoisotopic (exact) mass is 598 g/mol. The van der Waals surface area contributed by atoms with Gasteiger partial charge in [-0.05, 0) is 74.1 Å². The Morgan fingerprint density at radius 1 is 1.10 bits per heavy atom. The summed E-state index contributed by atoms with van der Waals surface area (Å²) in [7, 11) is 1.36. The summed E-state index contributed by atoms with van der Waals surface area (Å²) in [5, 5.41) is 15.4. The number of carbonyl (C=O) groups excluding carboxylic acids is 3. The lowest BCUT2D eigenvalue weighted by molar-refractivity contribution is -0.146. The molecule has 0 bridgehead atoms. The topological polar surface area (TPSA) is 122 Å². The number of nitrogens with one attached hydrogen (secondary N) is 2. The summed E-state index contributed by atoms with van der Waals surface area (Å²) in [5.74, 6) is -2.88. The Balaban J connectivity index is 1.44. The lowest BCUT2D eigenvalue weighted by Crippen LogP contribution is -2.34. The molecule has 220 valence electrons. The number of carbonyl (C=O) groups is 4. The number of hydrogen-bond acceptors (Lipinski definition) is 7. The predicted molar refractivity (Wildman–Crippen MR) is 163 cm³/mol. The highest BCUT2D eigenvalue weighted by Gasteiger charge is 2.35. The number of amides is 2. The smallest absolute Gasteiger partial charge is 0.341 e. The first-order valence-corrected chi connectivity index (χ1v) is 15.6. The van der Waals surface area contributed by atoms with Crippen molar-refractivity contribution in [1.29, 1.82) is 0 Å². The number of aliphatic carboxylic acids is 1. The van der Waals surface area contributed by atoms with Gasteiger partial charge in [0, 0.05) is 15.5 Å². The van der Waals surface area contributed by atoms with Crippen molar-refractivity contribution in [2.75, 3.05) is 17.7 Å². The van der Waals surface area contributed by atoms with Crippen LogP contribution in [-0.4, -0.2) is 41.2 Å². The van der Waals surface area contributed by atoms with Gasteiger partial charge in [-0.15, -0.1) is 23.1 Å². The second-order valence-corrected chi connectivity index (χ2v) is 14.3. The molecule has 2 aliphatic rings. The van der Waals surface area contributed by atoms with Gasteiger partial charge in [0.05, 0.1) is 29.8 Å². The Morgan fingerprint density at radius 3 is 2.46 bits per heavy atom. The van der Waals surface area contributed by atoms with E-state index in [0.717, 1.165) is 34.6 Å². The number of esters is 1. The van der Waals surface area contributed by atoms with Crippen LogP contribution in [0.2, 0.25) is 0 Å². The van der Waals surface area contributed by atoms with Crippen LogP contribution >= 0.6 is 23.1 Å². The number of thioether (sulfide) groups is 1. The van der Waals surface area contributed by atoms with Crippen LogP contribution in [0.1, 0.15) is 67.8 Å². The largest absolute Gasteiger partial charge is 0.481 e. The van der Waals surface area contributed by atoms with Crippen molar-refractivity contribution in [2.24, 2.45) is 23.2 Å². The first-order valence-electron chi connectivity index (χ1n) is 13.9. The number of carboxylic acid groups (broad SMARTS) is 1. The number of carboxylic acids is 1. The molecule has 1 aromatic heterocycles. The molecule has 41 heavy (non-hydrogen) atoms. The third-order valence-electron chi connectivity index (χ3n) is 7.99. The number of allylic oxidation sites excluding steroid dienone is 2. The second kappa shape index (κ2) is 12.8. The number of ether oxygens (including phenoxy) is 1. The van der Waals surface area contributed by atoms with Crippen molar-refractivity contribution in [1.82, 2.24) is 0 Å². The lowest BCUT2D eigenvalue weighted by Gasteiger charge is -2.33. The average Bonchev–Trinajstić information content (AvgIpc) is 3.29. The zero-order chi connectivity index (χ0) is 29.9. The van der Waals surface area contributed by atoms with Crippen LogP contribution in [0, 0.1) is 23.2 Å². The second-order valence-electron chi connectivity index (χ2n) is 11.8. The molecular formula is C31H38N2O6S2. The van der Waals surface area contributed by atoms with Gasteiger partial charge in [0.25, 0.3) is 0 Å². The highest BCUT2D eigenvalue weighted by atomic mass is 32.2. The molecule has 0 radical (unpaired) electrons. The highest BCUT2D eigenvalue weighted by molar-refractivity contribution is 8.00. The number of fused-ring (bicyclic) bond motifs is 1. The summed E-state index contributed by atoms with van der Waals surface area (Å²) in [5.41, 5.74) is 2.15. The summed E-state index contributed by atoms with van der Waals surface area (Å²) in [4.78, 5) is 52.4. The molecule has 1 aromatic carbocycles. The van der Waals surface area contributed by atoms with E-state index in [0.29, 0.717) is 35.0 Å². The van der Waals surface area contributed by atoms with Crippen molar-refractivity contribution in [3.63, 3.8) is 0 Å². The molecule has 2 amide bonds. The maximum absolute atomic E-state index is 13.3. The highest BCUT2D eigenvalue weighted by Crippen LogP contribution is 2.44. The van der Waals surface area contributed by atoms with E-state index < -0.39 is 29.0 Å². The Labute approximate surface area is 249 Å². The van der Waals surface area contributed by atoms with E-state index in [2.05, 4.69) is 31.4 Å². The molecule has 0 saturated heterocycles. The summed E-state index contributed by atoms with van der Waals surface area (Å²) in [6, 6.07) is 7.15. The fourth-order valence-corrected chi connectivity index (χ4v) is 7.71. The van der Waals surface area contributed by atoms with Crippen LogP contribution in [0.25, 0.3) is 0 Å². The Hall–Kier alpha value is -3.11. The molecule has 2 aromatic rings. The summed E-state index contributed by atoms with van der Waals surface area (Å²) in [6.07, 6.45) is 6.99. The van der Waals surface area contributed by atoms with Crippen molar-refractivity contribution >= 4 is 57.5 Å². The first kappa shape index (κ1) is 30.8. The molecule has 8 nitrogen and oxygen atoms in total. The number of anilines is 2. The van der Waals surface area contributed by atoms with E-state index >= 15 is 0 Å². The van der Waals surface area contributed by atoms with E-state index in [-0.39, 0.29) is 17.2 Å². The van der Waals surface area contributed by atoms with Crippen molar-refractivity contribution in [3.8, 4) is 0 Å². The standard InChI is InChI=1S/C31H38N2O6S2/c1-17(40-20-10-8-9-19(16-20)32-27(35)21-11-6-7-12-22(21)29(36)37)26(34)33-28-25(30(38)39-5)23-14-13-18(31(2,3)4)15-24(23)41-28/h6-10,16-18,21-22H,11-15H2,1-5H3,(H,32,35)(H,33,34)(H,36,37). The zero-order valence-electron chi connectivity index (χ0n) is 24.1. The molecule has 4 rings (SSSR count). The average molecular weight is 599 g/mol. The minimum Gasteiger partial charge on any atom is -0.481 e. The molecule has 0 fully saturated rings. The fraction of sp³-hybridized carbons (Fsp3) is 0.484. The normalized spacial score (nSPS) is 21.0. The molecule has 0 aliphatic heterocycles. The Morgan fingerprint density at radius 2 is 1.80 bits per heavy atom. The van der Waals surface area contributed by atoms with Crippen molar-refractivity contribution in [3.05, 3.63) is 52.4 Å². The minimum atomic E-state index is -0.977. The Kier molecular flexibility index (Phi) is 9.64. The van der Waals surface area contributed by atoms with Gasteiger partial charge < -0.3 is 20.5 Å². The molecule has 2 aliphatic carbocycles. The lowest BCUT2D eigenvalue weighted by atomic mass is 9.72. The van der Waals surface area contributed by atoms with Crippen LogP contribution in [0.3, 0.4) is 0 Å². The predicted octanol–water partition coefficient (Wildman–Crippen LogP) is 6.41. The molecule has 4 unspecified atom stereocenters. The van der Waals surface area contributed by atoms with Crippen LogP contribution in [0.5, 0.6) is 0 Å². The number of benzene rings is 1. The molecule has 0 spiro atoms. The molecule has 4 atom stereocenters. The SMILES string of the molecule is COC(=O)c1c(NC(=O)C(C)Sc2cccc(NC(=O)C3CC=CCC3C(=O)O)c2)sc2c1CCC(C(C)(C)C)C2. The van der Waals surface area contributed by atoms with Gasteiger partial charge in [-0.3, -0.25) is 14.4 Å². The molecule has 3 N–H and O–H groups in total. The van der Waals surface area contributed by atoms with Crippen LogP contribution < -0.4 is 10.6 Å². The number of thiophene rings is 1. The summed E-state index contributed by atoms with van der Waals surface area (Å²) < 4.78 is 5.08. The molecule has 1 heterocycles. The van der Waals surface area contributed by atoms with Gasteiger partial charge >= 0.3 is 11.9 Å². The van der Waals surface area contributed by atoms with Crippen molar-refractivity contribution in [2.45, 2.75) is 69.9 Å². The summed E-state index contributed by atoms with van der Waals surface area (Å²) >= 11 is 2.80. The first-order chi connectivity index (χ1) is 19.4. The minimum absolute atomic E-state index is 0.154. The van der Waals surface area contributed by atoms with Gasteiger partial charge in [-0.2, -0.15) is 0 Å². The van der Waals surface area contributed by atoms with E-state index in [1.54, 1.807) is 31.2 Å². The molecule has 0 saturated carbocycles. The van der Waals surface area contributed by atoms with Gasteiger partial charge in [0.1, 0.15) is 5.00 Å². The maximum atomic E-state index is 13.3. The van der Waals surface area contributed by atoms with Crippen LogP contribution in [0.15, 0.2) is 41.3 Å². The van der Waals surface area contributed by atoms with Crippen LogP contribution in [0.4, 0.5) is 10.7 Å². The molecular weight excluding hydrogens is 560 g/mol. The van der Waals surface area contributed by atoms with Gasteiger partial charge in [-0.1, -0.05) is 39.0 Å². The van der Waals surface area contributed by atoms with E-state index in [1.165, 1.54) is 30.2 Å². The third-order valence-corrected chi connectivity index (χ3v) is 10.2. The van der Waals surface area contributed by atoms with Crippen LogP contribution in [-0.2, 0) is 32.0 Å². The quantitative estimate of drug-likeness (QED) is 0.182. The third kappa shape index (κ3) is 7.22. The number of hydrogen-bond donors (Lipinski definition) is 3. The van der Waals surface area contributed by atoms with Gasteiger partial charge in [0.2, 0.25) is 11.8 Å². The van der Waals surface area contributed by atoms with E-state index in [1.807, 2.05) is 12.1 Å². The van der Waals surface area contributed by atoms with Gasteiger partial charge in [-0.25, -0.2) is 4.79 Å². The summed E-state index contributed by atoms with van der Waals surface area (Å²) in [6.45, 7) is 8.50. The van der Waals surface area contributed by atoms with E-state index in [4.69, 9.17) is 4.74 Å². The Bertz CT molecular complexity index is 1360. The number of methoxy groups -OCH3 is 1. The molecule has 10 heteroatoms. The zero-order valence-corrected chi connectivity index (χ0v) is 25.7. The van der Waals surface area contributed by atoms with Gasteiger partial charge in [0.15, 0.2) is 0 Å². The van der Waals surface area contributed by atoms with E-state index in [9.17, 15) is 24.3 Å². The van der Waals surface area contributed by atoms with Crippen molar-refractivity contribution < 1.29 is 29.0 Å².